The summed E-state index contributed by atoms with van der Waals surface area (Å²) in [6.45, 7) is 7.52. The van der Waals surface area contributed by atoms with Gasteiger partial charge in [0.1, 0.15) is 0 Å². The van der Waals surface area contributed by atoms with E-state index in [2.05, 4.69) is 61.4 Å². The van der Waals surface area contributed by atoms with Crippen LogP contribution in [0.5, 0.6) is 0 Å². The Morgan fingerprint density at radius 3 is 1.76 bits per heavy atom. The Balaban J connectivity index is 3.22. The summed E-state index contributed by atoms with van der Waals surface area (Å²) in [6.07, 6.45) is 5.48. The summed E-state index contributed by atoms with van der Waals surface area (Å²) >= 11 is -3.29. The molecule has 0 aromatic heterocycles. The molecule has 0 aliphatic heterocycles. The molecule has 0 N–H and O–H groups in total. The predicted molar refractivity (Wildman–Crippen MR) is 86.4 cm³/mol. The van der Waals surface area contributed by atoms with Gasteiger partial charge in [-0.25, -0.2) is 0 Å². The predicted octanol–water partition coefficient (Wildman–Crippen LogP) is 5.92. The van der Waals surface area contributed by atoms with E-state index in [1.807, 2.05) is 0 Å². The van der Waals surface area contributed by atoms with Gasteiger partial charge in [-0.3, -0.25) is 0 Å². The van der Waals surface area contributed by atoms with Crippen molar-refractivity contribution in [3.05, 3.63) is 11.6 Å². The summed E-state index contributed by atoms with van der Waals surface area (Å²) in [4.78, 5) is 0. The van der Waals surface area contributed by atoms with Crippen molar-refractivity contribution in [1.82, 2.24) is 0 Å². The molecule has 0 saturated carbocycles. The Morgan fingerprint density at radius 1 is 0.941 bits per heavy atom. The van der Waals surface area contributed by atoms with E-state index in [-0.39, 0.29) is 0 Å². The molecule has 0 bridgehead atoms. The van der Waals surface area contributed by atoms with Gasteiger partial charge in [-0.1, -0.05) is 0 Å². The van der Waals surface area contributed by atoms with Crippen molar-refractivity contribution in [3.63, 3.8) is 0 Å². The number of allylic oxidation sites excluding steroid dienone is 2. The third-order valence-corrected chi connectivity index (χ3v) is 21.7. The van der Waals surface area contributed by atoms with Crippen molar-refractivity contribution >= 4 is 26.5 Å². The zero-order chi connectivity index (χ0) is 13.7. The molecule has 0 spiro atoms. The van der Waals surface area contributed by atoms with Crippen LogP contribution in [-0.2, 0) is 0 Å². The van der Waals surface area contributed by atoms with Gasteiger partial charge in [-0.05, 0) is 0 Å². The molecule has 100 valence electrons. The quantitative estimate of drug-likeness (QED) is 0.425. The molecule has 0 radical (unpaired) electrons. The fourth-order valence-electron chi connectivity index (χ4n) is 3.15. The minimum atomic E-state index is -1.66. The fraction of sp³-hybridized carbons (Fsp3) is 0.867. The molecular formula is C15H32Ge2. The zero-order valence-corrected chi connectivity index (χ0v) is 17.7. The van der Waals surface area contributed by atoms with E-state index in [4.69, 9.17) is 0 Å². The number of rotatable bonds is 2. The molecule has 0 aromatic carbocycles. The number of hydrogen-bond donors (Lipinski definition) is 0. The molecule has 0 aromatic rings. The molecule has 0 nitrogen and oxygen atoms in total. The standard InChI is InChI=1S/C15H32Ge2/c1-13-10-14(2,16(4,5)6)12-15(3,11-13)17(7,8)9/h10H,11-12H2,1-9H3. The van der Waals surface area contributed by atoms with Crippen molar-refractivity contribution < 1.29 is 0 Å². The summed E-state index contributed by atoms with van der Waals surface area (Å²) < 4.78 is 1.20. The summed E-state index contributed by atoms with van der Waals surface area (Å²) in [7, 11) is 0. The van der Waals surface area contributed by atoms with Gasteiger partial charge < -0.3 is 0 Å². The SMILES string of the molecule is CC1=C[C](C)([Ge]([CH3])([CH3])[CH3])C[C](C)([Ge]([CH3])([CH3])[CH3])C1. The minimum absolute atomic E-state index is 0.551. The van der Waals surface area contributed by atoms with Crippen molar-refractivity contribution in [2.75, 3.05) is 0 Å². The average molecular weight is 358 g/mol. The first-order valence-electron chi connectivity index (χ1n) is 6.99. The summed E-state index contributed by atoms with van der Waals surface area (Å²) in [5.74, 6) is 15.6. The second-order valence-electron chi connectivity index (χ2n) is 8.82. The molecule has 1 aliphatic carbocycles. The van der Waals surface area contributed by atoms with Crippen molar-refractivity contribution in [2.24, 2.45) is 0 Å². The van der Waals surface area contributed by atoms with Crippen LogP contribution in [0.4, 0.5) is 0 Å². The topological polar surface area (TPSA) is 0 Å². The van der Waals surface area contributed by atoms with E-state index in [0.717, 1.165) is 0 Å². The van der Waals surface area contributed by atoms with Gasteiger partial charge in [0.05, 0.1) is 0 Å². The normalized spacial score (nSPS) is 35.7. The molecule has 1 rings (SSSR count). The third kappa shape index (κ3) is 3.05. The Hall–Kier alpha value is 0.826. The van der Waals surface area contributed by atoms with Gasteiger partial charge in [0, 0.05) is 0 Å². The van der Waals surface area contributed by atoms with Crippen molar-refractivity contribution in [2.45, 2.75) is 76.6 Å². The third-order valence-electron chi connectivity index (χ3n) is 5.52. The van der Waals surface area contributed by atoms with Crippen LogP contribution in [0.3, 0.4) is 0 Å². The first kappa shape index (κ1) is 15.9. The van der Waals surface area contributed by atoms with Gasteiger partial charge in [0.15, 0.2) is 0 Å². The van der Waals surface area contributed by atoms with Gasteiger partial charge >= 0.3 is 115 Å². The van der Waals surface area contributed by atoms with E-state index in [1.54, 1.807) is 5.57 Å². The van der Waals surface area contributed by atoms with Crippen LogP contribution in [-0.4, -0.2) is 26.5 Å². The second-order valence-corrected chi connectivity index (χ2v) is 32.6. The van der Waals surface area contributed by atoms with Crippen LogP contribution in [0.25, 0.3) is 0 Å². The molecule has 2 unspecified atom stereocenters. The Labute approximate surface area is 114 Å². The van der Waals surface area contributed by atoms with E-state index < -0.39 is 26.5 Å². The Bertz CT molecular complexity index is 330. The Morgan fingerprint density at radius 2 is 1.41 bits per heavy atom. The van der Waals surface area contributed by atoms with Crippen molar-refractivity contribution in [1.29, 1.82) is 0 Å². The molecule has 0 saturated heterocycles. The first-order valence-corrected chi connectivity index (χ1v) is 21.7. The van der Waals surface area contributed by atoms with Crippen LogP contribution >= 0.6 is 0 Å². The number of hydrogen-bond acceptors (Lipinski definition) is 0. The summed E-state index contributed by atoms with van der Waals surface area (Å²) in [5.41, 5.74) is 1.67. The summed E-state index contributed by atoms with van der Waals surface area (Å²) in [6, 6.07) is 0. The average Bonchev–Trinajstić information content (AvgIpc) is 1.96. The van der Waals surface area contributed by atoms with Gasteiger partial charge in [-0.15, -0.1) is 0 Å². The Kier molecular flexibility index (Phi) is 4.14. The van der Waals surface area contributed by atoms with Crippen LogP contribution < -0.4 is 0 Å². The molecular weight excluding hydrogens is 325 g/mol. The molecule has 2 atom stereocenters. The maximum absolute atomic E-state index is 2.66. The molecule has 0 fully saturated rings. The van der Waals surface area contributed by atoms with E-state index in [9.17, 15) is 0 Å². The zero-order valence-electron chi connectivity index (χ0n) is 13.5. The van der Waals surface area contributed by atoms with Crippen LogP contribution in [0.1, 0.15) is 33.6 Å². The first-order chi connectivity index (χ1) is 7.31. The molecule has 0 heterocycles. The van der Waals surface area contributed by atoms with Crippen LogP contribution in [0.15, 0.2) is 11.6 Å². The van der Waals surface area contributed by atoms with Gasteiger partial charge in [-0.2, -0.15) is 0 Å². The van der Waals surface area contributed by atoms with Crippen LogP contribution in [0, 0.1) is 0 Å². The van der Waals surface area contributed by atoms with Crippen molar-refractivity contribution in [3.8, 4) is 0 Å². The van der Waals surface area contributed by atoms with E-state index >= 15 is 0 Å². The van der Waals surface area contributed by atoms with E-state index in [1.165, 1.54) is 12.8 Å². The maximum atomic E-state index is 2.66. The molecule has 2 heteroatoms. The second kappa shape index (κ2) is 4.43. The van der Waals surface area contributed by atoms with E-state index in [0.29, 0.717) is 8.49 Å². The van der Waals surface area contributed by atoms with Crippen LogP contribution in [0.2, 0.25) is 43.0 Å². The molecule has 1 aliphatic rings. The molecule has 0 amide bonds. The van der Waals surface area contributed by atoms with Gasteiger partial charge in [0.25, 0.3) is 0 Å². The molecule has 17 heavy (non-hydrogen) atoms. The fourth-order valence-corrected chi connectivity index (χ4v) is 10.9. The monoisotopic (exact) mass is 360 g/mol. The van der Waals surface area contributed by atoms with Gasteiger partial charge in [0.2, 0.25) is 0 Å². The summed E-state index contributed by atoms with van der Waals surface area (Å²) in [5, 5.41) is 0.